The molecule has 2 N–H and O–H groups in total. The topological polar surface area (TPSA) is 43.7 Å². The molecule has 4 aromatic carbocycles. The molecule has 0 aromatic heterocycles. The zero-order valence-corrected chi connectivity index (χ0v) is 26.7. The summed E-state index contributed by atoms with van der Waals surface area (Å²) in [6, 6.07) is 27.1. The number of nitrogens with zero attached hydrogens (tertiary/aromatic N) is 1. The Morgan fingerprint density at radius 3 is 1.83 bits per heavy atom. The Morgan fingerprint density at radius 1 is 0.634 bits per heavy atom. The highest BCUT2D eigenvalue weighted by atomic mass is 32.2. The van der Waals surface area contributed by atoms with Gasteiger partial charge >= 0.3 is 0 Å². The summed E-state index contributed by atoms with van der Waals surface area (Å²) < 4.78 is 0. The number of aryl methyl sites for hydroxylation is 2. The molecule has 0 heterocycles. The summed E-state index contributed by atoms with van der Waals surface area (Å²) in [7, 11) is 0. The second-order valence-electron chi connectivity index (χ2n) is 13.1. The molecular weight excluding hydrogens is 522 g/mol. The SMILES string of the molecule is Cc1cc(-c2ccccc2N(CCCSc2ccccc2)c2cc(C)cc(C(C)(C)C)c2O)c(O)c(C(C)(C)C)c1. The number of benzene rings is 4. The van der Waals surface area contributed by atoms with E-state index in [2.05, 4.69) is 121 Å². The summed E-state index contributed by atoms with van der Waals surface area (Å²) in [6.07, 6.45) is 0.916. The van der Waals surface area contributed by atoms with E-state index in [-0.39, 0.29) is 10.8 Å². The van der Waals surface area contributed by atoms with Gasteiger partial charge in [-0.1, -0.05) is 90.1 Å². The van der Waals surface area contributed by atoms with Crippen LogP contribution in [0.4, 0.5) is 11.4 Å². The molecular formula is C37H45NO2S. The zero-order valence-electron chi connectivity index (χ0n) is 25.9. The lowest BCUT2D eigenvalue weighted by Gasteiger charge is -2.32. The van der Waals surface area contributed by atoms with E-state index in [1.54, 1.807) is 0 Å². The van der Waals surface area contributed by atoms with Crippen LogP contribution < -0.4 is 4.90 Å². The monoisotopic (exact) mass is 567 g/mol. The molecule has 0 aliphatic rings. The number of aromatic hydroxyl groups is 2. The molecule has 0 saturated carbocycles. The van der Waals surface area contributed by atoms with Crippen LogP contribution in [0, 0.1) is 13.8 Å². The van der Waals surface area contributed by atoms with Crippen LogP contribution in [0.1, 0.15) is 70.2 Å². The third-order valence-corrected chi connectivity index (χ3v) is 8.52. The van der Waals surface area contributed by atoms with Crippen molar-refractivity contribution in [3.8, 4) is 22.6 Å². The molecule has 0 aliphatic carbocycles. The quantitative estimate of drug-likeness (QED) is 0.164. The molecule has 4 heteroatoms. The molecule has 0 saturated heterocycles. The van der Waals surface area contributed by atoms with Crippen molar-refractivity contribution in [3.05, 3.63) is 101 Å². The molecule has 3 nitrogen and oxygen atoms in total. The van der Waals surface area contributed by atoms with Gasteiger partial charge in [-0.05, 0) is 78.3 Å². The maximum Gasteiger partial charge on any atom is 0.142 e. The summed E-state index contributed by atoms with van der Waals surface area (Å²) in [6.45, 7) is 17.7. The lowest BCUT2D eigenvalue weighted by atomic mass is 9.83. The summed E-state index contributed by atoms with van der Waals surface area (Å²) >= 11 is 1.85. The number of hydrogen-bond donors (Lipinski definition) is 2. The molecule has 4 rings (SSSR count). The van der Waals surface area contributed by atoms with Crippen LogP contribution in [0.25, 0.3) is 11.1 Å². The maximum absolute atomic E-state index is 11.7. The fourth-order valence-electron chi connectivity index (χ4n) is 5.33. The number of anilines is 2. The normalized spacial score (nSPS) is 12.0. The highest BCUT2D eigenvalue weighted by Crippen LogP contribution is 2.47. The number of hydrogen-bond acceptors (Lipinski definition) is 4. The Labute approximate surface area is 251 Å². The number of phenols is 2. The van der Waals surface area contributed by atoms with Gasteiger partial charge in [-0.15, -0.1) is 11.8 Å². The first kappa shape index (κ1) is 30.6. The summed E-state index contributed by atoms with van der Waals surface area (Å²) in [5.74, 6) is 1.59. The van der Waals surface area contributed by atoms with Crippen molar-refractivity contribution < 1.29 is 10.2 Å². The van der Waals surface area contributed by atoms with E-state index in [0.717, 1.165) is 63.5 Å². The predicted octanol–water partition coefficient (Wildman–Crippen LogP) is 10.3. The molecule has 0 fully saturated rings. The Bertz CT molecular complexity index is 1500. The van der Waals surface area contributed by atoms with E-state index >= 15 is 0 Å². The smallest absolute Gasteiger partial charge is 0.142 e. The molecule has 0 aliphatic heterocycles. The van der Waals surface area contributed by atoms with Crippen LogP contribution >= 0.6 is 11.8 Å². The fourth-order valence-corrected chi connectivity index (χ4v) is 6.19. The Hall–Kier alpha value is -3.37. The molecule has 0 bridgehead atoms. The standard InChI is InChI=1S/C37H45NO2S/c1-25-21-29(34(39)30(22-25)36(3,4)5)28-17-12-13-18-32(28)38(19-14-20-41-27-15-10-9-11-16-27)33-24-26(2)23-31(35(33)40)37(6,7)8/h9-13,15-18,21-24,39-40H,14,19-20H2,1-8H3. The fraction of sp³-hybridized carbons (Fsp3) is 0.351. The number of phenolic OH excluding ortho intramolecular Hbond substituents is 2. The van der Waals surface area contributed by atoms with Crippen LogP contribution in [0.15, 0.2) is 83.8 Å². The van der Waals surface area contributed by atoms with Crippen molar-refractivity contribution in [3.63, 3.8) is 0 Å². The second kappa shape index (κ2) is 12.2. The van der Waals surface area contributed by atoms with Crippen molar-refractivity contribution in [2.24, 2.45) is 0 Å². The summed E-state index contributed by atoms with van der Waals surface area (Å²) in [5, 5.41) is 23.3. The van der Waals surface area contributed by atoms with Crippen molar-refractivity contribution in [2.75, 3.05) is 17.2 Å². The number of thioether (sulfide) groups is 1. The van der Waals surface area contributed by atoms with Gasteiger partial charge in [-0.3, -0.25) is 0 Å². The van der Waals surface area contributed by atoms with Gasteiger partial charge in [0, 0.05) is 39.4 Å². The van der Waals surface area contributed by atoms with Crippen molar-refractivity contribution in [2.45, 2.75) is 77.5 Å². The van der Waals surface area contributed by atoms with Crippen LogP contribution in [0.5, 0.6) is 11.5 Å². The van der Waals surface area contributed by atoms with Crippen LogP contribution in [-0.4, -0.2) is 22.5 Å². The van der Waals surface area contributed by atoms with Gasteiger partial charge in [-0.2, -0.15) is 0 Å². The third kappa shape index (κ3) is 7.11. The van der Waals surface area contributed by atoms with Gasteiger partial charge in [0.05, 0.1) is 5.69 Å². The first-order chi connectivity index (χ1) is 19.3. The molecule has 0 atom stereocenters. The van der Waals surface area contributed by atoms with E-state index in [1.165, 1.54) is 4.90 Å². The first-order valence-electron chi connectivity index (χ1n) is 14.5. The lowest BCUT2D eigenvalue weighted by Crippen LogP contribution is -2.22. The predicted molar refractivity (Wildman–Crippen MR) is 177 cm³/mol. The molecule has 41 heavy (non-hydrogen) atoms. The van der Waals surface area contributed by atoms with Gasteiger partial charge < -0.3 is 15.1 Å². The van der Waals surface area contributed by atoms with Crippen LogP contribution in [0.2, 0.25) is 0 Å². The van der Waals surface area contributed by atoms with Gasteiger partial charge in [0.1, 0.15) is 11.5 Å². The van der Waals surface area contributed by atoms with E-state index in [1.807, 2.05) is 30.0 Å². The average Bonchev–Trinajstić information content (AvgIpc) is 2.90. The van der Waals surface area contributed by atoms with Crippen molar-refractivity contribution in [1.82, 2.24) is 0 Å². The molecule has 216 valence electrons. The maximum atomic E-state index is 11.7. The Morgan fingerprint density at radius 2 is 1.20 bits per heavy atom. The van der Waals surface area contributed by atoms with E-state index < -0.39 is 0 Å². The second-order valence-corrected chi connectivity index (χ2v) is 14.2. The third-order valence-electron chi connectivity index (χ3n) is 7.42. The number of para-hydroxylation sites is 1. The molecule has 0 radical (unpaired) electrons. The van der Waals surface area contributed by atoms with Crippen LogP contribution in [-0.2, 0) is 10.8 Å². The average molecular weight is 568 g/mol. The highest BCUT2D eigenvalue weighted by molar-refractivity contribution is 7.99. The van der Waals surface area contributed by atoms with Crippen molar-refractivity contribution >= 4 is 23.1 Å². The summed E-state index contributed by atoms with van der Waals surface area (Å²) in [5.41, 5.74) is 7.21. The minimum atomic E-state index is -0.213. The largest absolute Gasteiger partial charge is 0.507 e. The number of rotatable bonds is 8. The zero-order chi connectivity index (χ0) is 29.9. The Kier molecular flexibility index (Phi) is 9.13. The van der Waals surface area contributed by atoms with E-state index in [9.17, 15) is 10.2 Å². The van der Waals surface area contributed by atoms with Gasteiger partial charge in [-0.25, -0.2) is 0 Å². The van der Waals surface area contributed by atoms with Gasteiger partial charge in [0.15, 0.2) is 0 Å². The molecule has 4 aromatic rings. The summed E-state index contributed by atoms with van der Waals surface area (Å²) in [4.78, 5) is 3.50. The van der Waals surface area contributed by atoms with Crippen LogP contribution in [0.3, 0.4) is 0 Å². The van der Waals surface area contributed by atoms with Crippen molar-refractivity contribution in [1.29, 1.82) is 0 Å². The minimum absolute atomic E-state index is 0.204. The molecule has 0 amide bonds. The van der Waals surface area contributed by atoms with Gasteiger partial charge in [0.2, 0.25) is 0 Å². The lowest BCUT2D eigenvalue weighted by molar-refractivity contribution is 0.446. The highest BCUT2D eigenvalue weighted by Gasteiger charge is 2.27. The van der Waals surface area contributed by atoms with E-state index in [0.29, 0.717) is 11.5 Å². The first-order valence-corrected chi connectivity index (χ1v) is 15.5. The Balaban J connectivity index is 1.85. The van der Waals surface area contributed by atoms with Gasteiger partial charge in [0.25, 0.3) is 0 Å². The van der Waals surface area contributed by atoms with E-state index in [4.69, 9.17) is 0 Å². The molecule has 0 spiro atoms. The molecule has 0 unspecified atom stereocenters. The minimum Gasteiger partial charge on any atom is -0.507 e.